The highest BCUT2D eigenvalue weighted by atomic mass is 16.5. The van der Waals surface area contributed by atoms with Crippen molar-refractivity contribution in [2.45, 2.75) is 20.4 Å². The highest BCUT2D eigenvalue weighted by Crippen LogP contribution is 2.19. The molecule has 0 unspecified atom stereocenters. The molecule has 2 rings (SSSR count). The molecule has 0 fully saturated rings. The number of hydrogen-bond acceptors (Lipinski definition) is 6. The van der Waals surface area contributed by atoms with E-state index in [0.717, 1.165) is 11.1 Å². The summed E-state index contributed by atoms with van der Waals surface area (Å²) in [6, 6.07) is 7.85. The number of nitrogens with zero attached hydrogens (tertiary/aromatic N) is 3. The first-order valence-electron chi connectivity index (χ1n) is 6.83. The predicted molar refractivity (Wildman–Crippen MR) is 77.4 cm³/mol. The van der Waals surface area contributed by atoms with E-state index >= 15 is 0 Å². The molecule has 0 radical (unpaired) electrons. The summed E-state index contributed by atoms with van der Waals surface area (Å²) in [6.07, 6.45) is 0. The second-order valence-corrected chi connectivity index (χ2v) is 4.80. The van der Waals surface area contributed by atoms with Gasteiger partial charge in [0.05, 0.1) is 19.7 Å². The molecule has 6 heteroatoms. The molecular formula is C15H19N3O3. The van der Waals surface area contributed by atoms with E-state index in [-0.39, 0.29) is 12.5 Å². The van der Waals surface area contributed by atoms with Crippen LogP contribution in [-0.4, -0.2) is 41.2 Å². The molecule has 0 aliphatic carbocycles. The summed E-state index contributed by atoms with van der Waals surface area (Å²) in [5, 5.41) is 3.99. The summed E-state index contributed by atoms with van der Waals surface area (Å²) in [5.74, 6) is 0.770. The van der Waals surface area contributed by atoms with Gasteiger partial charge in [0.1, 0.15) is 0 Å². The Labute approximate surface area is 123 Å². The van der Waals surface area contributed by atoms with E-state index in [1.807, 2.05) is 31.2 Å². The zero-order chi connectivity index (χ0) is 15.2. The number of aromatic nitrogens is 2. The van der Waals surface area contributed by atoms with Gasteiger partial charge in [-0.1, -0.05) is 29.4 Å². The van der Waals surface area contributed by atoms with Gasteiger partial charge >= 0.3 is 5.97 Å². The van der Waals surface area contributed by atoms with E-state index in [9.17, 15) is 4.79 Å². The molecule has 0 atom stereocenters. The van der Waals surface area contributed by atoms with E-state index in [0.29, 0.717) is 24.9 Å². The van der Waals surface area contributed by atoms with Crippen LogP contribution in [0, 0.1) is 6.92 Å². The molecule has 0 amide bonds. The summed E-state index contributed by atoms with van der Waals surface area (Å²) >= 11 is 0. The largest absolute Gasteiger partial charge is 0.465 e. The van der Waals surface area contributed by atoms with E-state index in [2.05, 4.69) is 10.1 Å². The molecule has 1 heterocycles. The van der Waals surface area contributed by atoms with Gasteiger partial charge in [0.15, 0.2) is 0 Å². The number of rotatable bonds is 6. The average Bonchev–Trinajstić information content (AvgIpc) is 2.87. The monoisotopic (exact) mass is 289 g/mol. The van der Waals surface area contributed by atoms with E-state index in [4.69, 9.17) is 9.26 Å². The maximum absolute atomic E-state index is 11.4. The topological polar surface area (TPSA) is 68.5 Å². The van der Waals surface area contributed by atoms with Crippen molar-refractivity contribution in [2.24, 2.45) is 0 Å². The fourth-order valence-corrected chi connectivity index (χ4v) is 1.97. The molecule has 21 heavy (non-hydrogen) atoms. The minimum absolute atomic E-state index is 0.190. The zero-order valence-corrected chi connectivity index (χ0v) is 12.5. The molecule has 0 saturated heterocycles. The first kappa shape index (κ1) is 15.2. The van der Waals surface area contributed by atoms with Gasteiger partial charge in [-0.3, -0.25) is 9.69 Å². The minimum Gasteiger partial charge on any atom is -0.465 e. The van der Waals surface area contributed by atoms with Crippen molar-refractivity contribution in [3.63, 3.8) is 0 Å². The Hall–Kier alpha value is -2.21. The maximum Gasteiger partial charge on any atom is 0.320 e. The first-order valence-corrected chi connectivity index (χ1v) is 6.83. The van der Waals surface area contributed by atoms with Crippen LogP contribution in [0.2, 0.25) is 0 Å². The van der Waals surface area contributed by atoms with Crippen LogP contribution in [-0.2, 0) is 16.1 Å². The second-order valence-electron chi connectivity index (χ2n) is 4.80. The van der Waals surface area contributed by atoms with Crippen LogP contribution in [0.25, 0.3) is 11.4 Å². The molecule has 6 nitrogen and oxygen atoms in total. The normalized spacial score (nSPS) is 10.9. The van der Waals surface area contributed by atoms with Crippen molar-refractivity contribution in [1.82, 2.24) is 15.0 Å². The summed E-state index contributed by atoms with van der Waals surface area (Å²) in [4.78, 5) is 17.5. The minimum atomic E-state index is -0.265. The van der Waals surface area contributed by atoms with E-state index < -0.39 is 0 Å². The van der Waals surface area contributed by atoms with Gasteiger partial charge in [-0.05, 0) is 26.5 Å². The van der Waals surface area contributed by atoms with Gasteiger partial charge in [-0.15, -0.1) is 0 Å². The van der Waals surface area contributed by atoms with Crippen molar-refractivity contribution in [1.29, 1.82) is 0 Å². The molecule has 1 aromatic heterocycles. The Morgan fingerprint density at radius 1 is 1.38 bits per heavy atom. The van der Waals surface area contributed by atoms with Crippen LogP contribution in [0.4, 0.5) is 0 Å². The quantitative estimate of drug-likeness (QED) is 0.758. The summed E-state index contributed by atoms with van der Waals surface area (Å²) < 4.78 is 10.1. The third-order valence-electron chi connectivity index (χ3n) is 2.96. The summed E-state index contributed by atoms with van der Waals surface area (Å²) in [7, 11) is 1.80. The predicted octanol–water partition coefficient (Wildman–Crippen LogP) is 2.04. The molecule has 0 N–H and O–H groups in total. The fourth-order valence-electron chi connectivity index (χ4n) is 1.97. The highest BCUT2D eigenvalue weighted by Gasteiger charge is 2.14. The summed E-state index contributed by atoms with van der Waals surface area (Å²) in [6.45, 7) is 4.75. The molecule has 1 aromatic carbocycles. The molecule has 0 saturated carbocycles. The lowest BCUT2D eigenvalue weighted by Gasteiger charge is -2.12. The van der Waals surface area contributed by atoms with Crippen LogP contribution in [0.3, 0.4) is 0 Å². The number of carbonyl (C=O) groups excluding carboxylic acids is 1. The van der Waals surface area contributed by atoms with Crippen LogP contribution in [0.15, 0.2) is 28.8 Å². The Balaban J connectivity index is 2.00. The van der Waals surface area contributed by atoms with Gasteiger partial charge in [-0.25, -0.2) is 0 Å². The number of hydrogen-bond donors (Lipinski definition) is 0. The van der Waals surface area contributed by atoms with Gasteiger partial charge in [-0.2, -0.15) is 4.98 Å². The molecule has 0 bridgehead atoms. The van der Waals surface area contributed by atoms with Crippen LogP contribution < -0.4 is 0 Å². The van der Waals surface area contributed by atoms with Gasteiger partial charge in [0, 0.05) is 5.56 Å². The third kappa shape index (κ3) is 4.13. The third-order valence-corrected chi connectivity index (χ3v) is 2.96. The second kappa shape index (κ2) is 6.99. The number of benzene rings is 1. The van der Waals surface area contributed by atoms with Crippen LogP contribution >= 0.6 is 0 Å². The zero-order valence-electron chi connectivity index (χ0n) is 12.5. The Bertz CT molecular complexity index is 610. The summed E-state index contributed by atoms with van der Waals surface area (Å²) in [5.41, 5.74) is 2.03. The van der Waals surface area contributed by atoms with Gasteiger partial charge < -0.3 is 9.26 Å². The smallest absolute Gasteiger partial charge is 0.320 e. The number of ether oxygens (including phenoxy) is 1. The maximum atomic E-state index is 11.4. The highest BCUT2D eigenvalue weighted by molar-refractivity contribution is 5.71. The molecule has 0 aliphatic rings. The van der Waals surface area contributed by atoms with Gasteiger partial charge in [0.25, 0.3) is 0 Å². The molecule has 0 spiro atoms. The van der Waals surface area contributed by atoms with Crippen molar-refractivity contribution in [3.05, 3.63) is 35.7 Å². The van der Waals surface area contributed by atoms with Crippen LogP contribution in [0.5, 0.6) is 0 Å². The van der Waals surface area contributed by atoms with E-state index in [1.54, 1.807) is 18.9 Å². The standard InChI is InChI=1S/C15H19N3O3/c1-4-20-14(19)10-18(3)9-13-16-15(17-21-13)12-8-6-5-7-11(12)2/h5-8H,4,9-10H2,1-3H3. The lowest BCUT2D eigenvalue weighted by molar-refractivity contribution is -0.144. The first-order chi connectivity index (χ1) is 10.1. The SMILES string of the molecule is CCOC(=O)CN(C)Cc1nc(-c2ccccc2C)no1. The Morgan fingerprint density at radius 2 is 2.14 bits per heavy atom. The molecule has 112 valence electrons. The average molecular weight is 289 g/mol. The van der Waals surface area contributed by atoms with Crippen molar-refractivity contribution in [2.75, 3.05) is 20.2 Å². The van der Waals surface area contributed by atoms with E-state index in [1.165, 1.54) is 0 Å². The van der Waals surface area contributed by atoms with Crippen LogP contribution in [0.1, 0.15) is 18.4 Å². The Morgan fingerprint density at radius 3 is 2.86 bits per heavy atom. The molecule has 2 aromatic rings. The fraction of sp³-hybridized carbons (Fsp3) is 0.400. The number of carbonyl (C=O) groups is 1. The number of aryl methyl sites for hydroxylation is 1. The molecular weight excluding hydrogens is 270 g/mol. The number of likely N-dealkylation sites (N-methyl/N-ethyl adjacent to an activating group) is 1. The van der Waals surface area contributed by atoms with Crippen molar-refractivity contribution < 1.29 is 14.1 Å². The lowest BCUT2D eigenvalue weighted by Crippen LogP contribution is -2.27. The van der Waals surface area contributed by atoms with Crippen molar-refractivity contribution in [3.8, 4) is 11.4 Å². The number of esters is 1. The van der Waals surface area contributed by atoms with Crippen molar-refractivity contribution >= 4 is 5.97 Å². The van der Waals surface area contributed by atoms with Gasteiger partial charge in [0.2, 0.25) is 11.7 Å². The molecule has 0 aliphatic heterocycles. The lowest BCUT2D eigenvalue weighted by atomic mass is 10.1. The Kier molecular flexibility index (Phi) is 5.05.